The van der Waals surface area contributed by atoms with Gasteiger partial charge in [0.15, 0.2) is 5.92 Å². The van der Waals surface area contributed by atoms with Crippen LogP contribution in [-0.2, 0) is 19.1 Å². The Hall–Kier alpha value is -1.06. The van der Waals surface area contributed by atoms with Crippen LogP contribution in [0.3, 0.4) is 0 Å². The fourth-order valence-electron chi connectivity index (χ4n) is 2.58. The Labute approximate surface area is 129 Å². The second-order valence-electron chi connectivity index (χ2n) is 5.76. The van der Waals surface area contributed by atoms with E-state index in [1.54, 1.807) is 0 Å². The van der Waals surface area contributed by atoms with Crippen LogP contribution in [0.25, 0.3) is 0 Å². The molecule has 0 aromatic carbocycles. The van der Waals surface area contributed by atoms with E-state index < -0.39 is 17.9 Å². The van der Waals surface area contributed by atoms with Crippen molar-refractivity contribution in [1.82, 2.24) is 0 Å². The highest BCUT2D eigenvalue weighted by Crippen LogP contribution is 2.22. The smallest absolute Gasteiger partial charge is 0.320 e. The molecular weight excluding hydrogens is 268 g/mol. The predicted molar refractivity (Wildman–Crippen MR) is 83.9 cm³/mol. The first kappa shape index (κ1) is 19.9. The van der Waals surface area contributed by atoms with Gasteiger partial charge < -0.3 is 9.47 Å². The number of rotatable bonds is 12. The maximum absolute atomic E-state index is 11.7. The lowest BCUT2D eigenvalue weighted by Gasteiger charge is -2.19. The summed E-state index contributed by atoms with van der Waals surface area (Å²) in [5.74, 6) is -1.81. The third-order valence-corrected chi connectivity index (χ3v) is 3.99. The van der Waals surface area contributed by atoms with Crippen LogP contribution in [0.2, 0.25) is 0 Å². The average Bonchev–Trinajstić information content (AvgIpc) is 2.49. The first-order valence-corrected chi connectivity index (χ1v) is 8.24. The fourth-order valence-corrected chi connectivity index (χ4v) is 2.58. The molecule has 0 saturated heterocycles. The molecule has 0 aliphatic carbocycles. The standard InChI is InChI=1S/C17H32O4/c1-5-6-7-8-9-10-11-12-13-14(2)15(16(18)20-3)17(19)21-4/h14-15H,5-13H2,1-4H3. The third kappa shape index (κ3) is 8.74. The van der Waals surface area contributed by atoms with E-state index in [9.17, 15) is 9.59 Å². The summed E-state index contributed by atoms with van der Waals surface area (Å²) in [6.07, 6.45) is 10.8. The van der Waals surface area contributed by atoms with E-state index >= 15 is 0 Å². The van der Waals surface area contributed by atoms with Gasteiger partial charge in [-0.05, 0) is 12.3 Å². The predicted octanol–water partition coefficient (Wildman–Crippen LogP) is 4.12. The zero-order chi connectivity index (χ0) is 16.1. The Balaban J connectivity index is 3.91. The van der Waals surface area contributed by atoms with Crippen molar-refractivity contribution in [3.05, 3.63) is 0 Å². The molecule has 0 saturated carbocycles. The number of unbranched alkanes of at least 4 members (excludes halogenated alkanes) is 7. The molecule has 0 aromatic heterocycles. The fraction of sp³-hybridized carbons (Fsp3) is 0.882. The number of hydrogen-bond acceptors (Lipinski definition) is 4. The van der Waals surface area contributed by atoms with Crippen LogP contribution < -0.4 is 0 Å². The van der Waals surface area contributed by atoms with Crippen LogP contribution in [0.5, 0.6) is 0 Å². The van der Waals surface area contributed by atoms with Crippen molar-refractivity contribution in [2.24, 2.45) is 11.8 Å². The van der Waals surface area contributed by atoms with E-state index in [-0.39, 0.29) is 5.92 Å². The Morgan fingerprint density at radius 1 is 0.810 bits per heavy atom. The van der Waals surface area contributed by atoms with Gasteiger partial charge in [0.2, 0.25) is 0 Å². The summed E-state index contributed by atoms with van der Waals surface area (Å²) in [5.41, 5.74) is 0. The maximum atomic E-state index is 11.7. The van der Waals surface area contributed by atoms with Gasteiger partial charge >= 0.3 is 11.9 Å². The number of methoxy groups -OCH3 is 2. The lowest BCUT2D eigenvalue weighted by molar-refractivity contribution is -0.161. The SMILES string of the molecule is CCCCCCCCCCC(C)C(C(=O)OC)C(=O)OC. The largest absolute Gasteiger partial charge is 0.468 e. The summed E-state index contributed by atoms with van der Waals surface area (Å²) in [6, 6.07) is 0. The van der Waals surface area contributed by atoms with Crippen molar-refractivity contribution in [3.8, 4) is 0 Å². The van der Waals surface area contributed by atoms with E-state index in [0.717, 1.165) is 19.3 Å². The molecule has 0 aromatic rings. The zero-order valence-corrected chi connectivity index (χ0v) is 14.2. The molecule has 4 heteroatoms. The van der Waals surface area contributed by atoms with E-state index in [2.05, 4.69) is 6.92 Å². The maximum Gasteiger partial charge on any atom is 0.320 e. The van der Waals surface area contributed by atoms with Crippen molar-refractivity contribution >= 4 is 11.9 Å². The van der Waals surface area contributed by atoms with Gasteiger partial charge in [0.1, 0.15) is 0 Å². The molecule has 0 radical (unpaired) electrons. The van der Waals surface area contributed by atoms with Crippen LogP contribution in [0.1, 0.15) is 71.6 Å². The second-order valence-corrected chi connectivity index (χ2v) is 5.76. The van der Waals surface area contributed by atoms with E-state index in [4.69, 9.17) is 9.47 Å². The molecule has 0 aliphatic heterocycles. The van der Waals surface area contributed by atoms with Crippen molar-refractivity contribution in [3.63, 3.8) is 0 Å². The van der Waals surface area contributed by atoms with Crippen LogP contribution in [-0.4, -0.2) is 26.2 Å². The molecule has 21 heavy (non-hydrogen) atoms. The van der Waals surface area contributed by atoms with Gasteiger partial charge in [-0.25, -0.2) is 0 Å². The number of ether oxygens (including phenoxy) is 2. The minimum atomic E-state index is -0.787. The Morgan fingerprint density at radius 3 is 1.67 bits per heavy atom. The van der Waals surface area contributed by atoms with Crippen LogP contribution in [0.4, 0.5) is 0 Å². The molecule has 0 aliphatic rings. The van der Waals surface area contributed by atoms with Gasteiger partial charge in [0, 0.05) is 0 Å². The van der Waals surface area contributed by atoms with E-state index in [1.165, 1.54) is 52.7 Å². The van der Waals surface area contributed by atoms with Crippen LogP contribution >= 0.6 is 0 Å². The molecule has 0 spiro atoms. The van der Waals surface area contributed by atoms with Gasteiger partial charge in [-0.15, -0.1) is 0 Å². The van der Waals surface area contributed by atoms with Gasteiger partial charge in [0.05, 0.1) is 14.2 Å². The second kappa shape index (κ2) is 12.7. The summed E-state index contributed by atoms with van der Waals surface area (Å²) >= 11 is 0. The normalized spacial score (nSPS) is 12.2. The minimum absolute atomic E-state index is 0.0370. The van der Waals surface area contributed by atoms with Gasteiger partial charge in [0.25, 0.3) is 0 Å². The summed E-state index contributed by atoms with van der Waals surface area (Å²) in [4.78, 5) is 23.3. The highest BCUT2D eigenvalue weighted by Gasteiger charge is 2.33. The summed E-state index contributed by atoms with van der Waals surface area (Å²) < 4.78 is 9.40. The lowest BCUT2D eigenvalue weighted by atomic mass is 9.89. The zero-order valence-electron chi connectivity index (χ0n) is 14.2. The highest BCUT2D eigenvalue weighted by molar-refractivity contribution is 5.95. The number of carbonyl (C=O) groups is 2. The first-order chi connectivity index (χ1) is 10.1. The topological polar surface area (TPSA) is 52.6 Å². The molecule has 0 bridgehead atoms. The Bertz CT molecular complexity index is 273. The molecule has 124 valence electrons. The van der Waals surface area contributed by atoms with Gasteiger partial charge in [-0.2, -0.15) is 0 Å². The van der Waals surface area contributed by atoms with Crippen molar-refractivity contribution < 1.29 is 19.1 Å². The summed E-state index contributed by atoms with van der Waals surface area (Å²) in [6.45, 7) is 4.14. The lowest BCUT2D eigenvalue weighted by Crippen LogP contribution is -2.32. The van der Waals surface area contributed by atoms with Crippen molar-refractivity contribution in [2.75, 3.05) is 14.2 Å². The van der Waals surface area contributed by atoms with Gasteiger partial charge in [-0.3, -0.25) is 9.59 Å². The van der Waals surface area contributed by atoms with Gasteiger partial charge in [-0.1, -0.05) is 65.2 Å². The Morgan fingerprint density at radius 2 is 1.24 bits per heavy atom. The van der Waals surface area contributed by atoms with E-state index in [0.29, 0.717) is 0 Å². The Kier molecular flexibility index (Phi) is 12.0. The minimum Gasteiger partial charge on any atom is -0.468 e. The highest BCUT2D eigenvalue weighted by atomic mass is 16.5. The van der Waals surface area contributed by atoms with Crippen LogP contribution in [0, 0.1) is 11.8 Å². The van der Waals surface area contributed by atoms with Crippen molar-refractivity contribution in [2.45, 2.75) is 71.6 Å². The summed E-state index contributed by atoms with van der Waals surface area (Å²) in [7, 11) is 2.61. The molecule has 4 nitrogen and oxygen atoms in total. The molecule has 1 atom stereocenters. The molecule has 0 fully saturated rings. The molecule has 1 unspecified atom stereocenters. The number of carbonyl (C=O) groups excluding carboxylic acids is 2. The van der Waals surface area contributed by atoms with Crippen LogP contribution in [0.15, 0.2) is 0 Å². The molecule has 0 amide bonds. The number of hydrogen-bond donors (Lipinski definition) is 0. The summed E-state index contributed by atoms with van der Waals surface area (Å²) in [5, 5.41) is 0. The van der Waals surface area contributed by atoms with E-state index in [1.807, 2.05) is 6.92 Å². The quantitative estimate of drug-likeness (QED) is 0.309. The average molecular weight is 300 g/mol. The molecule has 0 heterocycles. The van der Waals surface area contributed by atoms with Crippen molar-refractivity contribution in [1.29, 1.82) is 0 Å². The monoisotopic (exact) mass is 300 g/mol. The third-order valence-electron chi connectivity index (χ3n) is 3.99. The molecule has 0 rings (SSSR count). The number of esters is 2. The molecule has 0 N–H and O–H groups in total. The first-order valence-electron chi connectivity index (χ1n) is 8.24. The molecular formula is C17H32O4.